The van der Waals surface area contributed by atoms with E-state index in [1.807, 2.05) is 23.1 Å². The number of hydrogen-bond donors (Lipinski definition) is 0. The summed E-state index contributed by atoms with van der Waals surface area (Å²) in [7, 11) is 0. The third-order valence-corrected chi connectivity index (χ3v) is 8.84. The molecule has 0 radical (unpaired) electrons. The number of fused-ring (bicyclic) bond motifs is 3. The Kier molecular flexibility index (Phi) is 9.20. The third kappa shape index (κ3) is 6.36. The summed E-state index contributed by atoms with van der Waals surface area (Å²) in [5, 5.41) is 7.02. The predicted octanol–water partition coefficient (Wildman–Crippen LogP) is 10.6. The predicted molar refractivity (Wildman–Crippen MR) is 192 cm³/mol. The van der Waals surface area contributed by atoms with E-state index in [1.165, 1.54) is 33.4 Å². The number of aryl methyl sites for hydroxylation is 4. The fraction of sp³-hybridized carbons (Fsp3) is 0.238. The zero-order valence-electron chi connectivity index (χ0n) is 28.6. The van der Waals surface area contributed by atoms with Crippen molar-refractivity contribution >= 4 is 21.8 Å². The van der Waals surface area contributed by atoms with Crippen LogP contribution in [0.25, 0.3) is 44.4 Å². The van der Waals surface area contributed by atoms with Crippen LogP contribution < -0.4 is 4.74 Å². The molecule has 0 spiro atoms. The SMILES string of the molecule is CCCc1cc(Oc2[c-]c3c(cc2)c2ccccc2n3-c2cc(C(C)(C)C)ccn2)[c-]c(-n2cc(-c3c(C)cc(C)cc3C)cn2)c1.[Pt+2]. The molecular formula is C42H40N4OPt. The van der Waals surface area contributed by atoms with E-state index in [0.29, 0.717) is 11.5 Å². The Morgan fingerprint density at radius 1 is 0.833 bits per heavy atom. The zero-order valence-corrected chi connectivity index (χ0v) is 30.9. The molecule has 0 aliphatic heterocycles. The van der Waals surface area contributed by atoms with Crippen LogP contribution in [0, 0.1) is 32.9 Å². The average molecular weight is 812 g/mol. The second-order valence-electron chi connectivity index (χ2n) is 13.6. The van der Waals surface area contributed by atoms with Crippen LogP contribution in [0.1, 0.15) is 61.9 Å². The van der Waals surface area contributed by atoms with Gasteiger partial charge >= 0.3 is 21.1 Å². The Morgan fingerprint density at radius 3 is 2.35 bits per heavy atom. The molecule has 5 nitrogen and oxygen atoms in total. The summed E-state index contributed by atoms with van der Waals surface area (Å²) in [4.78, 5) is 4.81. The summed E-state index contributed by atoms with van der Waals surface area (Å²) in [5.41, 5.74) is 11.3. The molecular weight excluding hydrogens is 772 g/mol. The molecule has 3 aromatic heterocycles. The molecule has 244 valence electrons. The van der Waals surface area contributed by atoms with E-state index < -0.39 is 0 Å². The van der Waals surface area contributed by atoms with Crippen LogP contribution in [0.3, 0.4) is 0 Å². The summed E-state index contributed by atoms with van der Waals surface area (Å²) in [6, 6.07) is 32.6. The first-order valence-electron chi connectivity index (χ1n) is 16.4. The molecule has 0 bridgehead atoms. The van der Waals surface area contributed by atoms with Crippen molar-refractivity contribution in [1.82, 2.24) is 19.3 Å². The second kappa shape index (κ2) is 13.2. The number of rotatable bonds is 7. The minimum absolute atomic E-state index is 0. The zero-order chi connectivity index (χ0) is 32.9. The van der Waals surface area contributed by atoms with Gasteiger partial charge in [-0.15, -0.1) is 35.7 Å². The van der Waals surface area contributed by atoms with E-state index in [0.717, 1.165) is 51.7 Å². The Bertz CT molecular complexity index is 2250. The maximum Gasteiger partial charge on any atom is 2.00 e. The summed E-state index contributed by atoms with van der Waals surface area (Å²) in [5.74, 6) is 2.12. The fourth-order valence-corrected chi connectivity index (χ4v) is 6.71. The van der Waals surface area contributed by atoms with Crippen LogP contribution >= 0.6 is 0 Å². The van der Waals surface area contributed by atoms with E-state index in [9.17, 15) is 0 Å². The number of nitrogens with zero attached hydrogens (tertiary/aromatic N) is 4. The van der Waals surface area contributed by atoms with Crippen LogP contribution in [0.15, 0.2) is 91.4 Å². The molecule has 48 heavy (non-hydrogen) atoms. The summed E-state index contributed by atoms with van der Waals surface area (Å²) < 4.78 is 10.6. The number of para-hydroxylation sites is 1. The Hall–Kier alpha value is -4.47. The average Bonchev–Trinajstić information content (AvgIpc) is 3.63. The summed E-state index contributed by atoms with van der Waals surface area (Å²) in [6.07, 6.45) is 7.87. The standard InChI is InChI=1S/C42H40N4O.Pt/c1-8-11-30-20-33(45-26-31(25-44-45)41-28(3)18-27(2)19-29(41)4)23-35(21-30)47-34-14-15-37-36-12-9-10-13-38(36)46(39(37)24-34)40-22-32(16-17-43-40)42(5,6)7;/h9-10,12-22,25-26H,8,11H2,1-7H3;/q-2;+2. The maximum absolute atomic E-state index is 6.56. The third-order valence-electron chi connectivity index (χ3n) is 8.84. The molecule has 0 fully saturated rings. The molecule has 0 saturated heterocycles. The van der Waals surface area contributed by atoms with Gasteiger partial charge in [-0.1, -0.05) is 81.9 Å². The second-order valence-corrected chi connectivity index (χ2v) is 13.6. The number of aromatic nitrogens is 4. The van der Waals surface area contributed by atoms with E-state index in [2.05, 4.69) is 138 Å². The molecule has 0 amide bonds. The van der Waals surface area contributed by atoms with Crippen LogP contribution in [-0.2, 0) is 32.9 Å². The minimum atomic E-state index is -0.00137. The normalized spacial score (nSPS) is 11.6. The van der Waals surface area contributed by atoms with Crippen molar-refractivity contribution in [2.75, 3.05) is 0 Å². The molecule has 0 aliphatic rings. The first-order valence-corrected chi connectivity index (χ1v) is 16.4. The summed E-state index contributed by atoms with van der Waals surface area (Å²) in [6.45, 7) is 15.3. The molecule has 4 aromatic carbocycles. The molecule has 3 heterocycles. The monoisotopic (exact) mass is 811 g/mol. The maximum atomic E-state index is 6.56. The minimum Gasteiger partial charge on any atom is -0.509 e. The number of benzene rings is 4. The van der Waals surface area contributed by atoms with Gasteiger partial charge in [-0.3, -0.25) is 4.68 Å². The number of pyridine rings is 1. The quantitative estimate of drug-likeness (QED) is 0.151. The first kappa shape index (κ1) is 33.4. The molecule has 7 aromatic rings. The smallest absolute Gasteiger partial charge is 0.509 e. The molecule has 0 aliphatic carbocycles. The molecule has 6 heteroatoms. The van der Waals surface area contributed by atoms with Gasteiger partial charge in [-0.2, -0.15) is 16.7 Å². The van der Waals surface area contributed by atoms with Crippen LogP contribution in [0.4, 0.5) is 0 Å². The van der Waals surface area contributed by atoms with Crippen LogP contribution in [0.2, 0.25) is 0 Å². The van der Waals surface area contributed by atoms with Gasteiger partial charge in [0.25, 0.3) is 0 Å². The fourth-order valence-electron chi connectivity index (χ4n) is 6.71. The van der Waals surface area contributed by atoms with E-state index in [4.69, 9.17) is 14.8 Å². The van der Waals surface area contributed by atoms with Crippen LogP contribution in [0.5, 0.6) is 11.5 Å². The van der Waals surface area contributed by atoms with Crippen molar-refractivity contribution in [1.29, 1.82) is 0 Å². The molecule has 0 atom stereocenters. The van der Waals surface area contributed by atoms with Gasteiger partial charge in [0.05, 0.1) is 6.20 Å². The van der Waals surface area contributed by atoms with Crippen molar-refractivity contribution in [3.8, 4) is 34.1 Å². The number of ether oxygens (including phenoxy) is 1. The van der Waals surface area contributed by atoms with Crippen molar-refractivity contribution in [2.45, 2.75) is 66.7 Å². The molecule has 7 rings (SSSR count). The van der Waals surface area contributed by atoms with Gasteiger partial charge in [0.1, 0.15) is 5.82 Å². The molecule has 0 saturated carbocycles. The summed E-state index contributed by atoms with van der Waals surface area (Å²) >= 11 is 0. The van der Waals surface area contributed by atoms with Crippen molar-refractivity contribution in [2.24, 2.45) is 0 Å². The van der Waals surface area contributed by atoms with Gasteiger partial charge in [-0.25, -0.2) is 4.98 Å². The van der Waals surface area contributed by atoms with Gasteiger partial charge in [0.2, 0.25) is 0 Å². The number of hydrogen-bond acceptors (Lipinski definition) is 3. The Balaban J connectivity index is 0.00000401. The molecule has 0 N–H and O–H groups in total. The van der Waals surface area contributed by atoms with E-state index >= 15 is 0 Å². The first-order chi connectivity index (χ1) is 22.6. The van der Waals surface area contributed by atoms with E-state index in [1.54, 1.807) is 0 Å². The Labute approximate surface area is 297 Å². The topological polar surface area (TPSA) is 44.9 Å². The largest absolute Gasteiger partial charge is 2.00 e. The van der Waals surface area contributed by atoms with Crippen LogP contribution in [-0.4, -0.2) is 19.3 Å². The molecule has 0 unspecified atom stereocenters. The van der Waals surface area contributed by atoms with Gasteiger partial charge < -0.3 is 9.30 Å². The Morgan fingerprint density at radius 2 is 1.60 bits per heavy atom. The van der Waals surface area contributed by atoms with Crippen molar-refractivity contribution in [3.05, 3.63) is 131 Å². The van der Waals surface area contributed by atoms with Crippen molar-refractivity contribution < 1.29 is 25.8 Å². The van der Waals surface area contributed by atoms with Gasteiger partial charge in [0, 0.05) is 35.0 Å². The van der Waals surface area contributed by atoms with Gasteiger partial charge in [-0.05, 0) is 77.7 Å². The van der Waals surface area contributed by atoms with E-state index in [-0.39, 0.29) is 26.5 Å². The van der Waals surface area contributed by atoms with Gasteiger partial charge in [0.15, 0.2) is 0 Å². The van der Waals surface area contributed by atoms with Crippen molar-refractivity contribution in [3.63, 3.8) is 0 Å².